The SMILES string of the molecule is COc1ccc2c(c1)CCc1sc(NC(=O)c3ccc([N+](=O)[O-])cc3Cl)nc1-2. The number of methoxy groups -OCH3 is 1. The average molecular weight is 416 g/mol. The molecule has 3 aromatic rings. The molecule has 0 bridgehead atoms. The summed E-state index contributed by atoms with van der Waals surface area (Å²) in [6.07, 6.45) is 1.71. The topological polar surface area (TPSA) is 94.4 Å². The zero-order valence-corrected chi connectivity index (χ0v) is 16.3. The second-order valence-electron chi connectivity index (χ2n) is 6.19. The number of aryl methyl sites for hydroxylation is 2. The molecular formula is C19H14ClN3O4S. The molecule has 1 aliphatic rings. The lowest BCUT2D eigenvalue weighted by atomic mass is 9.93. The molecule has 2 aromatic carbocycles. The highest BCUT2D eigenvalue weighted by Crippen LogP contribution is 2.39. The number of rotatable bonds is 4. The van der Waals surface area contributed by atoms with Gasteiger partial charge in [0.25, 0.3) is 11.6 Å². The summed E-state index contributed by atoms with van der Waals surface area (Å²) in [5, 5.41) is 14.0. The molecule has 1 heterocycles. The van der Waals surface area contributed by atoms with Crippen molar-refractivity contribution in [3.8, 4) is 17.0 Å². The van der Waals surface area contributed by atoms with Crippen LogP contribution < -0.4 is 10.1 Å². The highest BCUT2D eigenvalue weighted by atomic mass is 35.5. The Kier molecular flexibility index (Phi) is 4.74. The minimum Gasteiger partial charge on any atom is -0.497 e. The van der Waals surface area contributed by atoms with Crippen LogP contribution in [-0.2, 0) is 12.8 Å². The highest BCUT2D eigenvalue weighted by Gasteiger charge is 2.23. The highest BCUT2D eigenvalue weighted by molar-refractivity contribution is 7.16. The molecule has 0 radical (unpaired) electrons. The number of nitro groups is 1. The quantitative estimate of drug-likeness (QED) is 0.491. The first-order valence-corrected chi connectivity index (χ1v) is 9.58. The van der Waals surface area contributed by atoms with Gasteiger partial charge in [-0.15, -0.1) is 11.3 Å². The van der Waals surface area contributed by atoms with Crippen molar-refractivity contribution < 1.29 is 14.5 Å². The largest absolute Gasteiger partial charge is 0.497 e. The summed E-state index contributed by atoms with van der Waals surface area (Å²) in [4.78, 5) is 28.5. The number of carbonyl (C=O) groups excluding carboxylic acids is 1. The first-order valence-electron chi connectivity index (χ1n) is 8.38. The lowest BCUT2D eigenvalue weighted by Gasteiger charge is -2.15. The van der Waals surface area contributed by atoms with Crippen molar-refractivity contribution in [2.45, 2.75) is 12.8 Å². The van der Waals surface area contributed by atoms with E-state index < -0.39 is 10.8 Å². The standard InChI is InChI=1S/C19H14ClN3O4S/c1-27-12-4-6-13-10(8-12)2-7-16-17(13)21-19(28-16)22-18(24)14-5-3-11(23(25)26)9-15(14)20/h3-6,8-9H,2,7H2,1H3,(H,21,22,24). The Balaban J connectivity index is 1.60. The zero-order chi connectivity index (χ0) is 19.8. The maximum atomic E-state index is 12.5. The predicted octanol–water partition coefficient (Wildman–Crippen LogP) is 4.73. The molecule has 1 aliphatic carbocycles. The molecule has 0 saturated carbocycles. The Morgan fingerprint density at radius 3 is 2.82 bits per heavy atom. The minimum absolute atomic E-state index is 0.0189. The van der Waals surface area contributed by atoms with Gasteiger partial charge >= 0.3 is 0 Å². The number of nitro benzene ring substituents is 1. The maximum Gasteiger partial charge on any atom is 0.270 e. The number of non-ortho nitro benzene ring substituents is 1. The second kappa shape index (κ2) is 7.21. The summed E-state index contributed by atoms with van der Waals surface area (Å²) in [5.74, 6) is 0.347. The van der Waals surface area contributed by atoms with Crippen LogP contribution in [-0.4, -0.2) is 22.9 Å². The number of halogens is 1. The Labute approximate surface area is 169 Å². The third-order valence-corrected chi connectivity index (χ3v) is 5.86. The van der Waals surface area contributed by atoms with E-state index in [2.05, 4.69) is 10.3 Å². The van der Waals surface area contributed by atoms with Gasteiger partial charge in [-0.2, -0.15) is 0 Å². The molecule has 0 fully saturated rings. The van der Waals surface area contributed by atoms with E-state index in [0.717, 1.165) is 46.4 Å². The van der Waals surface area contributed by atoms with E-state index in [1.54, 1.807) is 7.11 Å². The van der Waals surface area contributed by atoms with Crippen molar-refractivity contribution in [2.75, 3.05) is 12.4 Å². The monoisotopic (exact) mass is 415 g/mol. The van der Waals surface area contributed by atoms with E-state index >= 15 is 0 Å². The van der Waals surface area contributed by atoms with E-state index in [-0.39, 0.29) is 16.3 Å². The van der Waals surface area contributed by atoms with Crippen LogP contribution in [0.25, 0.3) is 11.3 Å². The normalized spacial score (nSPS) is 12.1. The van der Waals surface area contributed by atoms with E-state index in [9.17, 15) is 14.9 Å². The average Bonchev–Trinajstić information content (AvgIpc) is 3.09. The van der Waals surface area contributed by atoms with Crippen LogP contribution in [0.4, 0.5) is 10.8 Å². The maximum absolute atomic E-state index is 12.5. The number of anilines is 1. The van der Waals surface area contributed by atoms with Gasteiger partial charge in [-0.05, 0) is 42.7 Å². The van der Waals surface area contributed by atoms with Gasteiger partial charge in [0, 0.05) is 22.6 Å². The smallest absolute Gasteiger partial charge is 0.270 e. The number of aromatic nitrogens is 1. The Bertz CT molecular complexity index is 1110. The van der Waals surface area contributed by atoms with Crippen molar-refractivity contribution in [1.82, 2.24) is 4.98 Å². The molecule has 0 saturated heterocycles. The third-order valence-electron chi connectivity index (χ3n) is 4.51. The molecule has 1 N–H and O–H groups in total. The van der Waals surface area contributed by atoms with Gasteiger partial charge in [-0.1, -0.05) is 11.6 Å². The number of amides is 1. The van der Waals surface area contributed by atoms with Gasteiger partial charge in [-0.25, -0.2) is 4.98 Å². The fraction of sp³-hybridized carbons (Fsp3) is 0.158. The second-order valence-corrected chi connectivity index (χ2v) is 7.68. The van der Waals surface area contributed by atoms with Gasteiger partial charge in [0.15, 0.2) is 5.13 Å². The summed E-state index contributed by atoms with van der Waals surface area (Å²) in [6, 6.07) is 9.62. The number of carbonyl (C=O) groups is 1. The number of nitrogens with zero attached hydrogens (tertiary/aromatic N) is 2. The zero-order valence-electron chi connectivity index (χ0n) is 14.7. The number of benzene rings is 2. The Morgan fingerprint density at radius 1 is 1.29 bits per heavy atom. The number of thiazole rings is 1. The van der Waals surface area contributed by atoms with Crippen molar-refractivity contribution in [2.24, 2.45) is 0 Å². The van der Waals surface area contributed by atoms with Crippen molar-refractivity contribution >= 4 is 39.7 Å². The van der Waals surface area contributed by atoms with Crippen LogP contribution in [0.1, 0.15) is 20.8 Å². The van der Waals surface area contributed by atoms with E-state index in [1.807, 2.05) is 18.2 Å². The van der Waals surface area contributed by atoms with Gasteiger partial charge in [0.2, 0.25) is 0 Å². The van der Waals surface area contributed by atoms with Crippen LogP contribution in [0.3, 0.4) is 0 Å². The summed E-state index contributed by atoms with van der Waals surface area (Å²) in [6.45, 7) is 0. The molecule has 0 atom stereocenters. The predicted molar refractivity (Wildman–Crippen MR) is 108 cm³/mol. The molecule has 0 unspecified atom stereocenters. The van der Waals surface area contributed by atoms with Crippen molar-refractivity contribution in [3.63, 3.8) is 0 Å². The van der Waals surface area contributed by atoms with Crippen LogP contribution in [0, 0.1) is 10.1 Å². The molecule has 0 aliphatic heterocycles. The molecule has 28 heavy (non-hydrogen) atoms. The number of nitrogens with one attached hydrogen (secondary N) is 1. The van der Waals surface area contributed by atoms with Gasteiger partial charge in [0.05, 0.1) is 28.3 Å². The van der Waals surface area contributed by atoms with Crippen LogP contribution >= 0.6 is 22.9 Å². The Morgan fingerprint density at radius 2 is 2.11 bits per heavy atom. The molecule has 7 nitrogen and oxygen atoms in total. The molecular weight excluding hydrogens is 402 g/mol. The van der Waals surface area contributed by atoms with E-state index in [0.29, 0.717) is 5.13 Å². The summed E-state index contributed by atoms with van der Waals surface area (Å²) in [5.41, 5.74) is 3.04. The summed E-state index contributed by atoms with van der Waals surface area (Å²) >= 11 is 7.46. The number of hydrogen-bond acceptors (Lipinski definition) is 6. The van der Waals surface area contributed by atoms with Crippen molar-refractivity contribution in [3.05, 3.63) is 67.5 Å². The molecule has 4 rings (SSSR count). The fourth-order valence-corrected chi connectivity index (χ4v) is 4.37. The van der Waals surface area contributed by atoms with Gasteiger partial charge in [-0.3, -0.25) is 20.2 Å². The minimum atomic E-state index is -0.561. The fourth-order valence-electron chi connectivity index (χ4n) is 3.13. The first kappa shape index (κ1) is 18.4. The van der Waals surface area contributed by atoms with E-state index in [4.69, 9.17) is 16.3 Å². The lowest BCUT2D eigenvalue weighted by Crippen LogP contribution is -2.12. The molecule has 9 heteroatoms. The molecule has 0 spiro atoms. The van der Waals surface area contributed by atoms with Gasteiger partial charge < -0.3 is 4.74 Å². The molecule has 1 amide bonds. The molecule has 142 valence electrons. The van der Waals surface area contributed by atoms with Crippen LogP contribution in [0.15, 0.2) is 36.4 Å². The van der Waals surface area contributed by atoms with Crippen LogP contribution in [0.2, 0.25) is 5.02 Å². The van der Waals surface area contributed by atoms with Crippen LogP contribution in [0.5, 0.6) is 5.75 Å². The first-order chi connectivity index (χ1) is 13.5. The van der Waals surface area contributed by atoms with E-state index in [1.165, 1.54) is 23.5 Å². The van der Waals surface area contributed by atoms with Gasteiger partial charge in [0.1, 0.15) is 5.75 Å². The number of hydrogen-bond donors (Lipinski definition) is 1. The lowest BCUT2D eigenvalue weighted by molar-refractivity contribution is -0.384. The summed E-state index contributed by atoms with van der Waals surface area (Å²) < 4.78 is 5.28. The number of ether oxygens (including phenoxy) is 1. The third kappa shape index (κ3) is 3.32. The van der Waals surface area contributed by atoms with Crippen molar-refractivity contribution in [1.29, 1.82) is 0 Å². The number of fused-ring (bicyclic) bond motifs is 3. The Hall–Kier alpha value is -2.97. The summed E-state index contributed by atoms with van der Waals surface area (Å²) in [7, 11) is 1.63. The molecule has 1 aromatic heterocycles.